The molecule has 1 aromatic rings. The average Bonchev–Trinajstić information content (AvgIpc) is 2.60. The molecule has 1 aromatic carbocycles. The maximum absolute atomic E-state index is 13.2. The van der Waals surface area contributed by atoms with Crippen molar-refractivity contribution in [1.29, 1.82) is 0 Å². The number of halogens is 3. The topological polar surface area (TPSA) is 26.0 Å². The first-order valence-corrected chi connectivity index (χ1v) is 7.32. The van der Waals surface area contributed by atoms with Gasteiger partial charge in [-0.05, 0) is 36.8 Å². The molecular weight excluding hydrogens is 263 g/mol. The zero-order valence-corrected chi connectivity index (χ0v) is 11.8. The molecule has 2 unspecified atom stereocenters. The molecule has 112 valence electrons. The van der Waals surface area contributed by atoms with Gasteiger partial charge in [0.05, 0.1) is 5.56 Å². The van der Waals surface area contributed by atoms with Gasteiger partial charge in [-0.1, -0.05) is 44.4 Å². The first-order chi connectivity index (χ1) is 9.37. The Morgan fingerprint density at radius 1 is 1.20 bits per heavy atom. The maximum Gasteiger partial charge on any atom is 0.416 e. The summed E-state index contributed by atoms with van der Waals surface area (Å²) in [5.74, 6) is 0.596. The van der Waals surface area contributed by atoms with Gasteiger partial charge in [-0.2, -0.15) is 13.2 Å². The minimum atomic E-state index is -4.33. The quantitative estimate of drug-likeness (QED) is 0.772. The van der Waals surface area contributed by atoms with Crippen molar-refractivity contribution in [3.05, 3.63) is 35.4 Å². The Bertz CT molecular complexity index is 455. The third kappa shape index (κ3) is 3.17. The summed E-state index contributed by atoms with van der Waals surface area (Å²) in [4.78, 5) is 0. The van der Waals surface area contributed by atoms with E-state index in [9.17, 15) is 13.2 Å². The first-order valence-electron chi connectivity index (χ1n) is 7.32. The maximum atomic E-state index is 13.2. The monoisotopic (exact) mass is 285 g/mol. The predicted molar refractivity (Wildman–Crippen MR) is 74.2 cm³/mol. The molecule has 1 aliphatic rings. The summed E-state index contributed by atoms with van der Waals surface area (Å²) in [5.41, 5.74) is 5.25. The highest BCUT2D eigenvalue weighted by Crippen LogP contribution is 2.42. The van der Waals surface area contributed by atoms with Gasteiger partial charge in [0.2, 0.25) is 0 Å². The third-order valence-corrected chi connectivity index (χ3v) is 4.58. The molecule has 0 aromatic heterocycles. The minimum absolute atomic E-state index is 0.268. The highest BCUT2D eigenvalue weighted by atomic mass is 19.4. The van der Waals surface area contributed by atoms with Gasteiger partial charge in [0.1, 0.15) is 0 Å². The molecule has 0 saturated heterocycles. The van der Waals surface area contributed by atoms with E-state index in [1.54, 1.807) is 12.1 Å². The fraction of sp³-hybridized carbons (Fsp3) is 0.625. The summed E-state index contributed by atoms with van der Waals surface area (Å²) in [7, 11) is 0. The van der Waals surface area contributed by atoms with Crippen LogP contribution in [0.2, 0.25) is 0 Å². The molecule has 1 aliphatic carbocycles. The molecular formula is C16H22F3N. The summed E-state index contributed by atoms with van der Waals surface area (Å²) in [6.07, 6.45) is 0.912. The molecule has 20 heavy (non-hydrogen) atoms. The van der Waals surface area contributed by atoms with Crippen molar-refractivity contribution >= 4 is 0 Å². The lowest BCUT2D eigenvalue weighted by molar-refractivity contribution is -0.138. The van der Waals surface area contributed by atoms with Crippen LogP contribution in [0, 0.1) is 5.92 Å². The van der Waals surface area contributed by atoms with Gasteiger partial charge in [0.15, 0.2) is 0 Å². The molecule has 0 heterocycles. The molecule has 0 aliphatic heterocycles. The Hall–Kier alpha value is -1.03. The number of nitrogens with two attached hydrogens (primary N) is 1. The zero-order valence-electron chi connectivity index (χ0n) is 11.8. The number of hydrogen-bond acceptors (Lipinski definition) is 1. The van der Waals surface area contributed by atoms with Crippen molar-refractivity contribution in [2.24, 2.45) is 11.7 Å². The molecule has 0 spiro atoms. The zero-order chi connectivity index (χ0) is 14.8. The predicted octanol–water partition coefficient (Wildman–Crippen LogP) is 4.85. The van der Waals surface area contributed by atoms with Gasteiger partial charge >= 0.3 is 6.18 Å². The highest BCUT2D eigenvalue weighted by molar-refractivity contribution is 5.35. The van der Waals surface area contributed by atoms with E-state index < -0.39 is 17.3 Å². The Balaban J connectivity index is 2.35. The summed E-state index contributed by atoms with van der Waals surface area (Å²) in [5, 5.41) is 0. The highest BCUT2D eigenvalue weighted by Gasteiger charge is 2.40. The Kier molecular flexibility index (Phi) is 4.43. The summed E-state index contributed by atoms with van der Waals surface area (Å²) >= 11 is 0. The molecule has 0 radical (unpaired) electrons. The van der Waals surface area contributed by atoms with Crippen molar-refractivity contribution in [1.82, 2.24) is 0 Å². The number of benzene rings is 1. The largest absolute Gasteiger partial charge is 0.416 e. The molecule has 1 nitrogen and oxygen atoms in total. The average molecular weight is 285 g/mol. The standard InChI is InChI=1S/C16H22F3N/c1-2-12-6-5-10-15(20,11-9-12)13-7-3-4-8-14(13)16(17,18)19/h3-4,7-8,12H,2,5-6,9-11,20H2,1H3. The van der Waals surface area contributed by atoms with Crippen LogP contribution in [0.1, 0.15) is 56.6 Å². The second kappa shape index (κ2) is 5.76. The Labute approximate surface area is 118 Å². The van der Waals surface area contributed by atoms with Crippen molar-refractivity contribution in [2.75, 3.05) is 0 Å². The lowest BCUT2D eigenvalue weighted by atomic mass is 9.81. The van der Waals surface area contributed by atoms with Crippen LogP contribution < -0.4 is 5.73 Å². The second-order valence-corrected chi connectivity index (χ2v) is 5.90. The van der Waals surface area contributed by atoms with Gasteiger partial charge in [0, 0.05) is 5.54 Å². The Morgan fingerprint density at radius 2 is 1.90 bits per heavy atom. The lowest BCUT2D eigenvalue weighted by Crippen LogP contribution is -2.38. The number of alkyl halides is 3. The van der Waals surface area contributed by atoms with Crippen LogP contribution >= 0.6 is 0 Å². The van der Waals surface area contributed by atoms with E-state index in [2.05, 4.69) is 6.92 Å². The summed E-state index contributed by atoms with van der Waals surface area (Å²) in [6, 6.07) is 5.78. The van der Waals surface area contributed by atoms with E-state index in [1.807, 2.05) is 0 Å². The van der Waals surface area contributed by atoms with Crippen molar-refractivity contribution in [3.63, 3.8) is 0 Å². The van der Waals surface area contributed by atoms with Gasteiger partial charge in [0.25, 0.3) is 0 Å². The van der Waals surface area contributed by atoms with E-state index in [0.29, 0.717) is 18.8 Å². The van der Waals surface area contributed by atoms with Crippen LogP contribution in [0.4, 0.5) is 13.2 Å². The van der Waals surface area contributed by atoms with E-state index >= 15 is 0 Å². The molecule has 1 saturated carbocycles. The smallest absolute Gasteiger partial charge is 0.321 e. The van der Waals surface area contributed by atoms with Gasteiger partial charge < -0.3 is 5.73 Å². The van der Waals surface area contributed by atoms with Crippen LogP contribution in [0.25, 0.3) is 0 Å². The van der Waals surface area contributed by atoms with Crippen LogP contribution in [0.15, 0.2) is 24.3 Å². The first kappa shape index (κ1) is 15.4. The molecule has 0 amide bonds. The molecule has 2 N–H and O–H groups in total. The van der Waals surface area contributed by atoms with Gasteiger partial charge in [-0.3, -0.25) is 0 Å². The normalized spacial score (nSPS) is 28.1. The summed E-state index contributed by atoms with van der Waals surface area (Å²) in [6.45, 7) is 2.14. The van der Waals surface area contributed by atoms with Crippen LogP contribution in [0.3, 0.4) is 0 Å². The molecule has 0 bridgehead atoms. The SMILES string of the molecule is CCC1CCCC(N)(c2ccccc2C(F)(F)F)CC1. The van der Waals surface area contributed by atoms with E-state index in [1.165, 1.54) is 6.07 Å². The molecule has 4 heteroatoms. The van der Waals surface area contributed by atoms with Crippen LogP contribution in [-0.2, 0) is 11.7 Å². The van der Waals surface area contributed by atoms with Gasteiger partial charge in [-0.15, -0.1) is 0 Å². The molecule has 2 atom stereocenters. The third-order valence-electron chi connectivity index (χ3n) is 4.58. The van der Waals surface area contributed by atoms with Crippen molar-refractivity contribution < 1.29 is 13.2 Å². The fourth-order valence-electron chi connectivity index (χ4n) is 3.28. The molecule has 1 fully saturated rings. The number of rotatable bonds is 2. The van der Waals surface area contributed by atoms with E-state index in [0.717, 1.165) is 31.7 Å². The second-order valence-electron chi connectivity index (χ2n) is 5.90. The number of hydrogen-bond donors (Lipinski definition) is 1. The molecule has 2 rings (SSSR count). The van der Waals surface area contributed by atoms with E-state index in [4.69, 9.17) is 5.73 Å². The lowest BCUT2D eigenvalue weighted by Gasteiger charge is -2.31. The summed E-state index contributed by atoms with van der Waals surface area (Å²) < 4.78 is 39.5. The van der Waals surface area contributed by atoms with Crippen molar-refractivity contribution in [2.45, 2.75) is 57.2 Å². The van der Waals surface area contributed by atoms with Crippen LogP contribution in [0.5, 0.6) is 0 Å². The van der Waals surface area contributed by atoms with Gasteiger partial charge in [-0.25, -0.2) is 0 Å². The van der Waals surface area contributed by atoms with E-state index in [-0.39, 0.29) is 5.56 Å². The van der Waals surface area contributed by atoms with Crippen LogP contribution in [-0.4, -0.2) is 0 Å². The fourth-order valence-corrected chi connectivity index (χ4v) is 3.28. The minimum Gasteiger partial charge on any atom is -0.321 e. The van der Waals surface area contributed by atoms with Crippen molar-refractivity contribution in [3.8, 4) is 0 Å². The Morgan fingerprint density at radius 3 is 2.55 bits per heavy atom.